The van der Waals surface area contributed by atoms with E-state index in [2.05, 4.69) is 21.2 Å². The Balaban J connectivity index is 1.51. The van der Waals surface area contributed by atoms with Gasteiger partial charge < -0.3 is 19.5 Å². The van der Waals surface area contributed by atoms with E-state index in [-0.39, 0.29) is 6.61 Å². The minimum Gasteiger partial charge on any atom is -0.485 e. The van der Waals surface area contributed by atoms with E-state index in [1.165, 1.54) is 0 Å². The van der Waals surface area contributed by atoms with Gasteiger partial charge in [0.2, 0.25) is 6.10 Å². The Morgan fingerprint density at radius 1 is 1.12 bits per heavy atom. The lowest BCUT2D eigenvalue weighted by atomic mass is 10.2. The van der Waals surface area contributed by atoms with Crippen molar-refractivity contribution in [3.63, 3.8) is 0 Å². The van der Waals surface area contributed by atoms with Gasteiger partial charge in [-0.15, -0.1) is 0 Å². The predicted octanol–water partition coefficient (Wildman–Crippen LogP) is 2.77. The first-order valence-electron chi connectivity index (χ1n) is 7.23. The molecular formula is C17H14BrNO5. The standard InChI is InChI=1S/C17H14BrNO5/c18-11-5-1-2-6-12(11)19-16(20)10-23-17(21)15-9-22-13-7-3-4-8-14(13)24-15/h1-8,15H,9-10H2,(H,19,20)/t15-/m0/s1. The summed E-state index contributed by atoms with van der Waals surface area (Å²) in [4.78, 5) is 23.9. The first-order valence-corrected chi connectivity index (χ1v) is 8.02. The quantitative estimate of drug-likeness (QED) is 0.811. The van der Waals surface area contributed by atoms with Crippen LogP contribution in [0.5, 0.6) is 11.5 Å². The van der Waals surface area contributed by atoms with Crippen molar-refractivity contribution in [3.05, 3.63) is 53.0 Å². The number of carbonyl (C=O) groups is 2. The van der Waals surface area contributed by atoms with E-state index in [1.54, 1.807) is 36.4 Å². The van der Waals surface area contributed by atoms with Crippen molar-refractivity contribution in [3.8, 4) is 11.5 Å². The number of hydrogen-bond acceptors (Lipinski definition) is 5. The first-order chi connectivity index (χ1) is 11.6. The Bertz CT molecular complexity index is 764. The van der Waals surface area contributed by atoms with E-state index >= 15 is 0 Å². The van der Waals surface area contributed by atoms with Crippen LogP contribution in [0.1, 0.15) is 0 Å². The van der Waals surface area contributed by atoms with Crippen LogP contribution >= 0.6 is 15.9 Å². The summed E-state index contributed by atoms with van der Waals surface area (Å²) in [6.45, 7) is -0.358. The van der Waals surface area contributed by atoms with Crippen molar-refractivity contribution in [1.29, 1.82) is 0 Å². The van der Waals surface area contributed by atoms with Gasteiger partial charge in [-0.05, 0) is 40.2 Å². The smallest absolute Gasteiger partial charge is 0.351 e. The highest BCUT2D eigenvalue weighted by atomic mass is 79.9. The molecule has 2 aromatic carbocycles. The summed E-state index contributed by atoms with van der Waals surface area (Å²) in [7, 11) is 0. The minimum atomic E-state index is -0.892. The Morgan fingerprint density at radius 2 is 1.83 bits per heavy atom. The molecule has 7 heteroatoms. The van der Waals surface area contributed by atoms with Crippen LogP contribution in [0.3, 0.4) is 0 Å². The molecular weight excluding hydrogens is 378 g/mol. The van der Waals surface area contributed by atoms with E-state index in [1.807, 2.05) is 12.1 Å². The second kappa shape index (κ2) is 7.35. The number of esters is 1. The number of amides is 1. The third kappa shape index (κ3) is 3.86. The van der Waals surface area contributed by atoms with Crippen LogP contribution in [-0.2, 0) is 14.3 Å². The molecule has 1 heterocycles. The number of halogens is 1. The molecule has 124 valence electrons. The molecule has 0 bridgehead atoms. The molecule has 1 aliphatic heterocycles. The zero-order valence-corrected chi connectivity index (χ0v) is 14.1. The fourth-order valence-electron chi connectivity index (χ4n) is 2.11. The molecule has 0 aliphatic carbocycles. The lowest BCUT2D eigenvalue weighted by Crippen LogP contribution is -2.39. The van der Waals surface area contributed by atoms with E-state index in [4.69, 9.17) is 14.2 Å². The van der Waals surface area contributed by atoms with Crippen LogP contribution in [0.2, 0.25) is 0 Å². The summed E-state index contributed by atoms with van der Waals surface area (Å²) in [6, 6.07) is 14.2. The Labute approximate surface area is 146 Å². The summed E-state index contributed by atoms with van der Waals surface area (Å²) in [5, 5.41) is 2.65. The van der Waals surface area contributed by atoms with Gasteiger partial charge >= 0.3 is 5.97 Å². The fraction of sp³-hybridized carbons (Fsp3) is 0.176. The average molecular weight is 392 g/mol. The molecule has 0 fully saturated rings. The van der Waals surface area contributed by atoms with Crippen LogP contribution in [0, 0.1) is 0 Å². The average Bonchev–Trinajstić information content (AvgIpc) is 2.61. The van der Waals surface area contributed by atoms with Gasteiger partial charge in [0.15, 0.2) is 18.1 Å². The van der Waals surface area contributed by atoms with Gasteiger partial charge in [-0.25, -0.2) is 4.79 Å². The number of fused-ring (bicyclic) bond motifs is 1. The maximum Gasteiger partial charge on any atom is 0.351 e. The molecule has 0 saturated carbocycles. The Hall–Kier alpha value is -2.54. The second-order valence-electron chi connectivity index (χ2n) is 5.00. The van der Waals surface area contributed by atoms with Crippen molar-refractivity contribution < 1.29 is 23.8 Å². The lowest BCUT2D eigenvalue weighted by molar-refractivity contribution is -0.156. The van der Waals surface area contributed by atoms with Crippen molar-refractivity contribution in [2.45, 2.75) is 6.10 Å². The van der Waals surface area contributed by atoms with Gasteiger partial charge in [0, 0.05) is 4.47 Å². The number of carbonyl (C=O) groups excluding carboxylic acids is 2. The number of para-hydroxylation sites is 3. The molecule has 1 amide bonds. The molecule has 0 aromatic heterocycles. The van der Waals surface area contributed by atoms with Crippen LogP contribution in [-0.4, -0.2) is 31.2 Å². The zero-order valence-electron chi connectivity index (χ0n) is 12.5. The molecule has 0 unspecified atom stereocenters. The summed E-state index contributed by atoms with van der Waals surface area (Å²) in [6.07, 6.45) is -0.892. The minimum absolute atomic E-state index is 0.0434. The number of nitrogens with one attached hydrogen (secondary N) is 1. The van der Waals surface area contributed by atoms with Crippen LogP contribution in [0.15, 0.2) is 53.0 Å². The summed E-state index contributed by atoms with van der Waals surface area (Å²) in [5.41, 5.74) is 0.602. The number of anilines is 1. The number of rotatable bonds is 4. The third-order valence-electron chi connectivity index (χ3n) is 3.26. The van der Waals surface area contributed by atoms with Gasteiger partial charge in [0.05, 0.1) is 5.69 Å². The van der Waals surface area contributed by atoms with Crippen molar-refractivity contribution in [1.82, 2.24) is 0 Å². The van der Waals surface area contributed by atoms with Crippen LogP contribution in [0.4, 0.5) is 5.69 Å². The molecule has 3 rings (SSSR count). The highest BCUT2D eigenvalue weighted by Crippen LogP contribution is 2.31. The molecule has 0 spiro atoms. The first kappa shape index (κ1) is 16.3. The van der Waals surface area contributed by atoms with Gasteiger partial charge in [0.25, 0.3) is 5.91 Å². The van der Waals surface area contributed by atoms with E-state index < -0.39 is 24.6 Å². The molecule has 6 nitrogen and oxygen atoms in total. The maximum atomic E-state index is 12.0. The van der Waals surface area contributed by atoms with Crippen molar-refractivity contribution >= 4 is 33.5 Å². The second-order valence-corrected chi connectivity index (χ2v) is 5.85. The van der Waals surface area contributed by atoms with Crippen molar-refractivity contribution in [2.24, 2.45) is 0 Å². The van der Waals surface area contributed by atoms with E-state index in [0.717, 1.165) is 4.47 Å². The van der Waals surface area contributed by atoms with Gasteiger partial charge in [-0.1, -0.05) is 24.3 Å². The lowest BCUT2D eigenvalue weighted by Gasteiger charge is -2.24. The Morgan fingerprint density at radius 3 is 2.62 bits per heavy atom. The third-order valence-corrected chi connectivity index (χ3v) is 3.96. The fourth-order valence-corrected chi connectivity index (χ4v) is 2.50. The topological polar surface area (TPSA) is 73.9 Å². The number of hydrogen-bond donors (Lipinski definition) is 1. The molecule has 1 N–H and O–H groups in total. The van der Waals surface area contributed by atoms with E-state index in [9.17, 15) is 9.59 Å². The molecule has 0 radical (unpaired) electrons. The molecule has 1 atom stereocenters. The highest BCUT2D eigenvalue weighted by Gasteiger charge is 2.29. The predicted molar refractivity (Wildman–Crippen MR) is 90.1 cm³/mol. The van der Waals surface area contributed by atoms with Gasteiger partial charge in [-0.3, -0.25) is 4.79 Å². The van der Waals surface area contributed by atoms with Crippen molar-refractivity contribution in [2.75, 3.05) is 18.5 Å². The maximum absolute atomic E-state index is 12.0. The zero-order chi connectivity index (χ0) is 16.9. The monoisotopic (exact) mass is 391 g/mol. The molecule has 0 saturated heterocycles. The summed E-state index contributed by atoms with van der Waals surface area (Å²) in [5.74, 6) is -0.0317. The van der Waals surface area contributed by atoms with Crippen LogP contribution < -0.4 is 14.8 Å². The van der Waals surface area contributed by atoms with Crippen LogP contribution in [0.25, 0.3) is 0 Å². The number of ether oxygens (including phenoxy) is 3. The highest BCUT2D eigenvalue weighted by molar-refractivity contribution is 9.10. The summed E-state index contributed by atoms with van der Waals surface area (Å²) < 4.78 is 16.7. The van der Waals surface area contributed by atoms with E-state index in [0.29, 0.717) is 17.2 Å². The molecule has 1 aliphatic rings. The SMILES string of the molecule is O=C(COC(=O)[C@@H]1COc2ccccc2O1)Nc1ccccc1Br. The molecule has 2 aromatic rings. The summed E-state index contributed by atoms with van der Waals surface area (Å²) >= 11 is 3.32. The Kier molecular flexibility index (Phi) is 5.00. The van der Waals surface area contributed by atoms with Gasteiger partial charge in [0.1, 0.15) is 6.61 Å². The largest absolute Gasteiger partial charge is 0.485 e. The number of benzene rings is 2. The molecule has 24 heavy (non-hydrogen) atoms. The normalized spacial score (nSPS) is 15.5. The van der Waals surface area contributed by atoms with Gasteiger partial charge in [-0.2, -0.15) is 0 Å².